The highest BCUT2D eigenvalue weighted by Crippen LogP contribution is 2.21. The summed E-state index contributed by atoms with van der Waals surface area (Å²) in [5, 5.41) is 8.99. The molecule has 1 amide bonds. The first-order chi connectivity index (χ1) is 11.2. The molecule has 0 aliphatic rings. The molecule has 2 rings (SSSR count). The van der Waals surface area contributed by atoms with Gasteiger partial charge in [-0.3, -0.25) is 0 Å². The number of anilines is 1. The highest BCUT2D eigenvalue weighted by Gasteiger charge is 2.27. The van der Waals surface area contributed by atoms with Gasteiger partial charge in [-0.25, -0.2) is 24.5 Å². The first-order valence-corrected chi connectivity index (χ1v) is 7.34. The maximum absolute atomic E-state index is 12.5. The lowest BCUT2D eigenvalue weighted by Crippen LogP contribution is -2.37. The molecular weight excluding hydrogens is 338 g/mol. The molecule has 2 aromatic heterocycles. The van der Waals surface area contributed by atoms with Crippen molar-refractivity contribution in [2.75, 3.05) is 4.90 Å². The number of halogens is 1. The second kappa shape index (κ2) is 6.88. The molecule has 128 valence electrons. The van der Waals surface area contributed by atoms with Crippen LogP contribution in [0.3, 0.4) is 0 Å². The maximum atomic E-state index is 12.5. The molecule has 2 heterocycles. The van der Waals surface area contributed by atoms with Crippen LogP contribution in [0.1, 0.15) is 37.0 Å². The van der Waals surface area contributed by atoms with Crippen LogP contribution in [0.15, 0.2) is 29.0 Å². The number of nitrogens with zero attached hydrogens (tertiary/aromatic N) is 3. The first-order valence-electron chi connectivity index (χ1n) is 6.96. The Kier molecular flexibility index (Phi) is 5.08. The fourth-order valence-electron chi connectivity index (χ4n) is 1.73. The molecule has 8 nitrogen and oxygen atoms in total. The summed E-state index contributed by atoms with van der Waals surface area (Å²) in [5.41, 5.74) is -1.16. The van der Waals surface area contributed by atoms with Crippen molar-refractivity contribution in [3.63, 3.8) is 0 Å². The normalized spacial score (nSPS) is 11.2. The predicted octanol–water partition coefficient (Wildman–Crippen LogP) is 3.36. The summed E-state index contributed by atoms with van der Waals surface area (Å²) in [6.07, 6.45) is 1.83. The molecule has 0 aliphatic carbocycles. The van der Waals surface area contributed by atoms with Crippen LogP contribution in [0.2, 0.25) is 5.02 Å². The minimum atomic E-state index is -1.33. The molecule has 0 aromatic carbocycles. The minimum Gasteiger partial charge on any atom is -0.476 e. The topological polar surface area (TPSA) is 106 Å². The third-order valence-corrected chi connectivity index (χ3v) is 2.96. The van der Waals surface area contributed by atoms with Gasteiger partial charge in [0.05, 0.1) is 24.0 Å². The van der Waals surface area contributed by atoms with E-state index in [1.54, 1.807) is 32.9 Å². The number of amides is 1. The number of aromatic nitrogens is 2. The number of hydrogen-bond donors (Lipinski definition) is 1. The number of carbonyl (C=O) groups excluding carboxylic acids is 1. The number of aromatic carboxylic acids is 1. The van der Waals surface area contributed by atoms with E-state index < -0.39 is 23.4 Å². The Morgan fingerprint density at radius 1 is 1.42 bits per heavy atom. The van der Waals surface area contributed by atoms with Crippen LogP contribution in [-0.2, 0) is 11.3 Å². The van der Waals surface area contributed by atoms with Gasteiger partial charge in [0.1, 0.15) is 11.4 Å². The second-order valence-electron chi connectivity index (χ2n) is 5.82. The number of ether oxygens (including phenoxy) is 1. The lowest BCUT2D eigenvalue weighted by molar-refractivity contribution is 0.0569. The monoisotopic (exact) mass is 353 g/mol. The highest BCUT2D eigenvalue weighted by molar-refractivity contribution is 6.33. The molecular formula is C15H16ClN3O5. The summed E-state index contributed by atoms with van der Waals surface area (Å²) in [5.74, 6) is -1.02. The van der Waals surface area contributed by atoms with Gasteiger partial charge >= 0.3 is 12.1 Å². The van der Waals surface area contributed by atoms with Crippen molar-refractivity contribution in [2.24, 2.45) is 0 Å². The minimum absolute atomic E-state index is 0.0252. The van der Waals surface area contributed by atoms with Gasteiger partial charge in [-0.2, -0.15) is 0 Å². The number of carboxylic acid groups (broad SMARTS) is 1. The van der Waals surface area contributed by atoms with Crippen LogP contribution < -0.4 is 4.90 Å². The average Bonchev–Trinajstić information content (AvgIpc) is 2.96. The molecule has 9 heteroatoms. The number of hydrogen-bond acceptors (Lipinski definition) is 6. The quantitative estimate of drug-likeness (QED) is 0.898. The summed E-state index contributed by atoms with van der Waals surface area (Å²) in [7, 11) is 0. The van der Waals surface area contributed by atoms with Crippen LogP contribution in [0.4, 0.5) is 10.7 Å². The Labute approximate surface area is 143 Å². The van der Waals surface area contributed by atoms with Gasteiger partial charge in [0.15, 0.2) is 5.69 Å². The van der Waals surface area contributed by atoms with Crippen LogP contribution in [0.25, 0.3) is 0 Å². The first kappa shape index (κ1) is 17.7. The average molecular weight is 354 g/mol. The van der Waals surface area contributed by atoms with E-state index in [-0.39, 0.29) is 17.5 Å². The zero-order valence-electron chi connectivity index (χ0n) is 13.3. The van der Waals surface area contributed by atoms with Gasteiger partial charge in [0.25, 0.3) is 0 Å². The SMILES string of the molecule is CC(C)(C)OC(=O)N(Cc1ccco1)c1ncc(Cl)c(C(=O)O)n1. The molecule has 24 heavy (non-hydrogen) atoms. The van der Waals surface area contributed by atoms with Gasteiger partial charge in [-0.15, -0.1) is 0 Å². The van der Waals surface area contributed by atoms with Crippen molar-refractivity contribution < 1.29 is 23.8 Å². The van der Waals surface area contributed by atoms with E-state index in [0.29, 0.717) is 5.76 Å². The summed E-state index contributed by atoms with van der Waals surface area (Å²) >= 11 is 5.77. The maximum Gasteiger partial charge on any atom is 0.417 e. The van der Waals surface area contributed by atoms with Crippen LogP contribution in [-0.4, -0.2) is 32.7 Å². The standard InChI is InChI=1S/C15H16ClN3O5/c1-15(2,3)24-14(22)19(8-9-5-4-6-23-9)13-17-7-10(16)11(18-13)12(20)21/h4-7H,8H2,1-3H3,(H,20,21). The smallest absolute Gasteiger partial charge is 0.417 e. The molecule has 0 saturated heterocycles. The number of carbonyl (C=O) groups is 2. The number of furan rings is 1. The van der Waals surface area contributed by atoms with Crippen molar-refractivity contribution in [1.82, 2.24) is 9.97 Å². The highest BCUT2D eigenvalue weighted by atomic mass is 35.5. The van der Waals surface area contributed by atoms with Gasteiger partial charge in [0, 0.05) is 0 Å². The van der Waals surface area contributed by atoms with Crippen LogP contribution in [0.5, 0.6) is 0 Å². The van der Waals surface area contributed by atoms with Crippen molar-refractivity contribution in [3.05, 3.63) is 41.1 Å². The molecule has 0 unspecified atom stereocenters. The second-order valence-corrected chi connectivity index (χ2v) is 6.22. The lowest BCUT2D eigenvalue weighted by Gasteiger charge is -2.25. The lowest BCUT2D eigenvalue weighted by atomic mass is 10.2. The van der Waals surface area contributed by atoms with Crippen molar-refractivity contribution in [2.45, 2.75) is 32.9 Å². The number of rotatable bonds is 4. The van der Waals surface area contributed by atoms with Crippen molar-refractivity contribution in [1.29, 1.82) is 0 Å². The Morgan fingerprint density at radius 2 is 2.12 bits per heavy atom. The third-order valence-electron chi connectivity index (χ3n) is 2.68. The predicted molar refractivity (Wildman–Crippen MR) is 85.1 cm³/mol. The van der Waals surface area contributed by atoms with Crippen molar-refractivity contribution >= 4 is 29.6 Å². The van der Waals surface area contributed by atoms with E-state index in [2.05, 4.69) is 9.97 Å². The van der Waals surface area contributed by atoms with Gasteiger partial charge < -0.3 is 14.3 Å². The molecule has 0 radical (unpaired) electrons. The van der Waals surface area contributed by atoms with Gasteiger partial charge in [-0.05, 0) is 32.9 Å². The van der Waals surface area contributed by atoms with E-state index in [9.17, 15) is 9.59 Å². The number of carboxylic acids is 1. The molecule has 0 fully saturated rings. The molecule has 0 bridgehead atoms. The largest absolute Gasteiger partial charge is 0.476 e. The molecule has 0 atom stereocenters. The van der Waals surface area contributed by atoms with E-state index in [4.69, 9.17) is 25.9 Å². The Morgan fingerprint density at radius 3 is 2.67 bits per heavy atom. The zero-order chi connectivity index (χ0) is 17.9. The molecule has 0 saturated carbocycles. The summed E-state index contributed by atoms with van der Waals surface area (Å²) in [6.45, 7) is 5.10. The zero-order valence-corrected chi connectivity index (χ0v) is 14.1. The fraction of sp³-hybridized carbons (Fsp3) is 0.333. The molecule has 0 spiro atoms. The van der Waals surface area contributed by atoms with Gasteiger partial charge in [0.2, 0.25) is 5.95 Å². The molecule has 1 N–H and O–H groups in total. The fourth-order valence-corrected chi connectivity index (χ4v) is 1.90. The molecule has 0 aliphatic heterocycles. The van der Waals surface area contributed by atoms with Crippen LogP contribution in [0, 0.1) is 0 Å². The molecule has 2 aromatic rings. The summed E-state index contributed by atoms with van der Waals surface area (Å²) < 4.78 is 10.5. The Hall–Kier alpha value is -2.61. The van der Waals surface area contributed by atoms with Gasteiger partial charge in [-0.1, -0.05) is 11.6 Å². The van der Waals surface area contributed by atoms with Crippen molar-refractivity contribution in [3.8, 4) is 0 Å². The summed E-state index contributed by atoms with van der Waals surface area (Å²) in [4.78, 5) is 32.5. The summed E-state index contributed by atoms with van der Waals surface area (Å²) in [6, 6.07) is 3.32. The third kappa shape index (κ3) is 4.45. The Balaban J connectivity index is 2.40. The van der Waals surface area contributed by atoms with E-state index in [0.717, 1.165) is 11.1 Å². The van der Waals surface area contributed by atoms with E-state index in [1.807, 2.05) is 0 Å². The van der Waals surface area contributed by atoms with E-state index >= 15 is 0 Å². The Bertz CT molecular complexity index is 740. The van der Waals surface area contributed by atoms with E-state index in [1.165, 1.54) is 6.26 Å². The van der Waals surface area contributed by atoms with Crippen LogP contribution >= 0.6 is 11.6 Å².